The van der Waals surface area contributed by atoms with E-state index < -0.39 is 29.5 Å². The van der Waals surface area contributed by atoms with Gasteiger partial charge in [0, 0.05) is 24.7 Å². The Morgan fingerprint density at radius 2 is 2.17 bits per heavy atom. The first kappa shape index (κ1) is 17.8. The summed E-state index contributed by atoms with van der Waals surface area (Å²) in [5, 5.41) is 16.9. The van der Waals surface area contributed by atoms with Crippen molar-refractivity contribution >= 4 is 5.91 Å². The molecule has 2 N–H and O–H groups in total. The van der Waals surface area contributed by atoms with Crippen molar-refractivity contribution < 1.29 is 23.1 Å². The predicted octanol–water partition coefficient (Wildman–Crippen LogP) is 2.11. The first-order valence-corrected chi connectivity index (χ1v) is 7.65. The zero-order valence-electron chi connectivity index (χ0n) is 13.2. The molecule has 3 unspecified atom stereocenters. The number of hydrogen-bond acceptors (Lipinski definition) is 3. The van der Waals surface area contributed by atoms with Crippen molar-refractivity contribution in [1.82, 2.24) is 15.1 Å². The average Bonchev–Trinajstić information content (AvgIpc) is 2.91. The van der Waals surface area contributed by atoms with E-state index in [-0.39, 0.29) is 19.4 Å². The maximum absolute atomic E-state index is 12.8. The van der Waals surface area contributed by atoms with Gasteiger partial charge >= 0.3 is 6.18 Å². The van der Waals surface area contributed by atoms with Gasteiger partial charge in [-0.1, -0.05) is 6.42 Å². The van der Waals surface area contributed by atoms with Gasteiger partial charge in [0.05, 0.1) is 18.7 Å². The fourth-order valence-electron chi connectivity index (χ4n) is 2.93. The highest BCUT2D eigenvalue weighted by atomic mass is 19.4. The van der Waals surface area contributed by atoms with Crippen molar-refractivity contribution in [3.63, 3.8) is 0 Å². The standard InChI is InChI=1S/C15H22F3N3O2/c1-14(23,12-7-20-21(2)8-12)9-19-13(22)10-4-3-5-11(6-10)15(16,17)18/h7-8,10-11,23H,3-6,9H2,1-2H3,(H,19,22). The molecule has 0 radical (unpaired) electrons. The zero-order valence-corrected chi connectivity index (χ0v) is 13.2. The van der Waals surface area contributed by atoms with Crippen molar-refractivity contribution in [1.29, 1.82) is 0 Å². The van der Waals surface area contributed by atoms with E-state index in [9.17, 15) is 23.1 Å². The molecule has 5 nitrogen and oxygen atoms in total. The lowest BCUT2D eigenvalue weighted by Crippen LogP contribution is -2.43. The molecule has 1 fully saturated rings. The minimum absolute atomic E-state index is 0.0648. The molecule has 0 spiro atoms. The first-order valence-electron chi connectivity index (χ1n) is 7.65. The van der Waals surface area contributed by atoms with Crippen molar-refractivity contribution in [3.8, 4) is 0 Å². The van der Waals surface area contributed by atoms with Crippen LogP contribution in [0.2, 0.25) is 0 Å². The van der Waals surface area contributed by atoms with Crippen molar-refractivity contribution in [2.45, 2.75) is 44.4 Å². The Morgan fingerprint density at radius 1 is 1.48 bits per heavy atom. The molecule has 1 heterocycles. The van der Waals surface area contributed by atoms with Crippen molar-refractivity contribution in [2.75, 3.05) is 6.54 Å². The van der Waals surface area contributed by atoms with Crippen LogP contribution in [0, 0.1) is 11.8 Å². The summed E-state index contributed by atoms with van der Waals surface area (Å²) < 4.78 is 39.9. The van der Waals surface area contributed by atoms with Crippen LogP contribution in [0.5, 0.6) is 0 Å². The van der Waals surface area contributed by atoms with Crippen LogP contribution >= 0.6 is 0 Å². The topological polar surface area (TPSA) is 67.2 Å². The highest BCUT2D eigenvalue weighted by Crippen LogP contribution is 2.40. The Bertz CT molecular complexity index is 554. The number of aromatic nitrogens is 2. The molecule has 8 heteroatoms. The minimum Gasteiger partial charge on any atom is -0.383 e. The highest BCUT2D eigenvalue weighted by molar-refractivity contribution is 5.78. The molecule has 0 aliphatic heterocycles. The SMILES string of the molecule is Cn1cc(C(C)(O)CNC(=O)C2CCCC(C(F)(F)F)C2)cn1. The van der Waals surface area contributed by atoms with Gasteiger partial charge in [0.1, 0.15) is 5.60 Å². The van der Waals surface area contributed by atoms with Gasteiger partial charge in [-0.15, -0.1) is 0 Å². The normalized spacial score (nSPS) is 25.0. The zero-order chi connectivity index (χ0) is 17.3. The van der Waals surface area contributed by atoms with Crippen LogP contribution in [0.15, 0.2) is 12.4 Å². The number of alkyl halides is 3. The molecule has 1 aliphatic carbocycles. The third-order valence-electron chi connectivity index (χ3n) is 4.44. The Morgan fingerprint density at radius 3 is 2.74 bits per heavy atom. The lowest BCUT2D eigenvalue weighted by atomic mass is 9.80. The van der Waals surface area contributed by atoms with Crippen LogP contribution in [0.4, 0.5) is 13.2 Å². The minimum atomic E-state index is -4.25. The molecular weight excluding hydrogens is 311 g/mol. The van der Waals surface area contributed by atoms with E-state index in [0.717, 1.165) is 0 Å². The number of aliphatic hydroxyl groups is 1. The summed E-state index contributed by atoms with van der Waals surface area (Å²) >= 11 is 0. The number of carbonyl (C=O) groups excluding carboxylic acids is 1. The molecular formula is C15H22F3N3O2. The Balaban J connectivity index is 1.91. The van der Waals surface area contributed by atoms with E-state index in [1.165, 1.54) is 17.8 Å². The summed E-state index contributed by atoms with van der Waals surface area (Å²) in [6, 6.07) is 0. The second-order valence-corrected chi connectivity index (χ2v) is 6.50. The van der Waals surface area contributed by atoms with Gasteiger partial charge in [-0.25, -0.2) is 0 Å². The van der Waals surface area contributed by atoms with E-state index in [1.807, 2.05) is 0 Å². The van der Waals surface area contributed by atoms with Gasteiger partial charge < -0.3 is 10.4 Å². The maximum atomic E-state index is 12.8. The third kappa shape index (κ3) is 4.46. The Hall–Kier alpha value is -1.57. The smallest absolute Gasteiger partial charge is 0.383 e. The molecule has 1 saturated carbocycles. The molecule has 1 aromatic rings. The van der Waals surface area contributed by atoms with Gasteiger partial charge in [-0.05, 0) is 26.2 Å². The van der Waals surface area contributed by atoms with Crippen LogP contribution in [0.25, 0.3) is 0 Å². The van der Waals surface area contributed by atoms with Crippen molar-refractivity contribution in [3.05, 3.63) is 18.0 Å². The number of rotatable bonds is 4. The molecule has 1 amide bonds. The number of nitrogens with one attached hydrogen (secondary N) is 1. The fraction of sp³-hybridized carbons (Fsp3) is 0.733. The molecule has 0 bridgehead atoms. The molecule has 1 aromatic heterocycles. The fourth-order valence-corrected chi connectivity index (χ4v) is 2.93. The van der Waals surface area contributed by atoms with Crippen LogP contribution in [-0.2, 0) is 17.4 Å². The van der Waals surface area contributed by atoms with E-state index >= 15 is 0 Å². The van der Waals surface area contributed by atoms with Gasteiger partial charge in [0.15, 0.2) is 0 Å². The number of amides is 1. The number of hydrogen-bond donors (Lipinski definition) is 2. The van der Waals surface area contributed by atoms with Crippen molar-refractivity contribution in [2.24, 2.45) is 18.9 Å². The van der Waals surface area contributed by atoms with Crippen LogP contribution in [-0.4, -0.2) is 33.5 Å². The summed E-state index contributed by atoms with van der Waals surface area (Å²) in [7, 11) is 1.71. The molecule has 3 atom stereocenters. The summed E-state index contributed by atoms with van der Waals surface area (Å²) in [6.45, 7) is 1.47. The molecule has 1 aliphatic rings. The lowest BCUT2D eigenvalue weighted by Gasteiger charge is -2.30. The predicted molar refractivity (Wildman–Crippen MR) is 77.3 cm³/mol. The molecule has 0 aromatic carbocycles. The summed E-state index contributed by atoms with van der Waals surface area (Å²) in [4.78, 5) is 12.1. The van der Waals surface area contributed by atoms with E-state index in [4.69, 9.17) is 0 Å². The first-order chi connectivity index (χ1) is 10.6. The molecule has 0 saturated heterocycles. The van der Waals surface area contributed by atoms with Gasteiger partial charge in [0.25, 0.3) is 0 Å². The summed E-state index contributed by atoms with van der Waals surface area (Å²) in [5.74, 6) is -2.49. The maximum Gasteiger partial charge on any atom is 0.391 e. The average molecular weight is 333 g/mol. The van der Waals surface area contributed by atoms with E-state index in [0.29, 0.717) is 18.4 Å². The van der Waals surface area contributed by atoms with Gasteiger partial charge in [0.2, 0.25) is 5.91 Å². The number of halogens is 3. The monoisotopic (exact) mass is 333 g/mol. The number of carbonyl (C=O) groups is 1. The van der Waals surface area contributed by atoms with Crippen LogP contribution < -0.4 is 5.32 Å². The molecule has 130 valence electrons. The van der Waals surface area contributed by atoms with Gasteiger partial charge in [-0.3, -0.25) is 9.48 Å². The second-order valence-electron chi connectivity index (χ2n) is 6.50. The lowest BCUT2D eigenvalue weighted by molar-refractivity contribution is -0.186. The second kappa shape index (κ2) is 6.51. The number of aryl methyl sites for hydroxylation is 1. The van der Waals surface area contributed by atoms with Crippen LogP contribution in [0.1, 0.15) is 38.2 Å². The molecule has 23 heavy (non-hydrogen) atoms. The summed E-state index contributed by atoms with van der Waals surface area (Å²) in [5.41, 5.74) is -0.778. The third-order valence-corrected chi connectivity index (χ3v) is 4.44. The summed E-state index contributed by atoms with van der Waals surface area (Å²) in [6.07, 6.45) is -0.376. The molecule has 2 rings (SSSR count). The Kier molecular flexibility index (Phi) is 5.03. The van der Waals surface area contributed by atoms with Crippen LogP contribution in [0.3, 0.4) is 0 Å². The quantitative estimate of drug-likeness (QED) is 0.887. The number of nitrogens with zero attached hydrogens (tertiary/aromatic N) is 2. The highest BCUT2D eigenvalue weighted by Gasteiger charge is 2.43. The largest absolute Gasteiger partial charge is 0.391 e. The van der Waals surface area contributed by atoms with E-state index in [2.05, 4.69) is 10.4 Å². The van der Waals surface area contributed by atoms with E-state index in [1.54, 1.807) is 13.2 Å². The van der Waals surface area contributed by atoms with Gasteiger partial charge in [-0.2, -0.15) is 18.3 Å². The Labute approximate surface area is 132 Å².